The molecular weight excluding hydrogens is 156 g/mol. The lowest BCUT2D eigenvalue weighted by molar-refractivity contribution is 0.0584. The topological polar surface area (TPSA) is 39.4 Å². The molecule has 0 fully saturated rings. The Morgan fingerprint density at radius 3 is 2.92 bits per heavy atom. The van der Waals surface area contributed by atoms with Gasteiger partial charge in [-0.15, -0.1) is 0 Å². The lowest BCUT2D eigenvalue weighted by Crippen LogP contribution is -2.12. The summed E-state index contributed by atoms with van der Waals surface area (Å²) in [4.78, 5) is 11.2. The highest BCUT2D eigenvalue weighted by Crippen LogP contribution is 2.02. The molecule has 0 N–H and O–H groups in total. The second kappa shape index (κ2) is 4.07. The summed E-state index contributed by atoms with van der Waals surface area (Å²) in [5, 5.41) is 0. The second-order valence-corrected chi connectivity index (χ2v) is 2.79. The van der Waals surface area contributed by atoms with Gasteiger partial charge < -0.3 is 9.15 Å². The summed E-state index contributed by atoms with van der Waals surface area (Å²) in [5.74, 6) is -0.0440. The van der Waals surface area contributed by atoms with Crippen LogP contribution in [0.25, 0.3) is 0 Å². The molecule has 0 bridgehead atoms. The van der Waals surface area contributed by atoms with Crippen molar-refractivity contribution in [2.45, 2.75) is 20.0 Å². The molecule has 1 heterocycles. The molecule has 0 aliphatic heterocycles. The van der Waals surface area contributed by atoms with Gasteiger partial charge in [0.1, 0.15) is 12.9 Å². The maximum absolute atomic E-state index is 11.2. The fourth-order valence-electron chi connectivity index (χ4n) is 0.749. The number of carbonyl (C=O) groups excluding carboxylic acids is 1. The first-order valence-corrected chi connectivity index (χ1v) is 3.87. The number of ketones is 1. The average molecular weight is 168 g/mol. The van der Waals surface area contributed by atoms with Crippen LogP contribution in [0.15, 0.2) is 23.0 Å². The van der Waals surface area contributed by atoms with E-state index in [4.69, 9.17) is 9.15 Å². The summed E-state index contributed by atoms with van der Waals surface area (Å²) in [6.45, 7) is 3.91. The van der Waals surface area contributed by atoms with Crippen molar-refractivity contribution in [3.63, 3.8) is 0 Å². The third kappa shape index (κ3) is 2.51. The van der Waals surface area contributed by atoms with Crippen molar-refractivity contribution < 1.29 is 13.9 Å². The van der Waals surface area contributed by atoms with Crippen molar-refractivity contribution in [2.75, 3.05) is 6.61 Å². The molecule has 0 radical (unpaired) electrons. The summed E-state index contributed by atoms with van der Waals surface area (Å²) in [5.41, 5.74) is 0.565. The van der Waals surface area contributed by atoms with Crippen LogP contribution in [-0.2, 0) is 4.74 Å². The Hall–Kier alpha value is -1.09. The number of hydrogen-bond acceptors (Lipinski definition) is 3. The standard InChI is InChI=1S/C9H12O3/c1-7(2)12-6-9(10)8-3-4-11-5-8/h3-5,7H,6H2,1-2H3. The van der Waals surface area contributed by atoms with Gasteiger partial charge in [0.2, 0.25) is 0 Å². The molecule has 0 aromatic carbocycles. The van der Waals surface area contributed by atoms with Crippen molar-refractivity contribution in [1.29, 1.82) is 0 Å². The van der Waals surface area contributed by atoms with E-state index in [1.807, 2.05) is 13.8 Å². The highest BCUT2D eigenvalue weighted by Gasteiger charge is 2.07. The molecule has 0 amide bonds. The molecule has 3 heteroatoms. The smallest absolute Gasteiger partial charge is 0.191 e. The number of furan rings is 1. The molecule has 1 aromatic rings. The minimum Gasteiger partial charge on any atom is -0.472 e. The van der Waals surface area contributed by atoms with Crippen LogP contribution in [0.1, 0.15) is 24.2 Å². The summed E-state index contributed by atoms with van der Waals surface area (Å²) in [7, 11) is 0. The molecule has 0 atom stereocenters. The van der Waals surface area contributed by atoms with Gasteiger partial charge in [0.05, 0.1) is 17.9 Å². The molecule has 0 saturated heterocycles. The third-order valence-electron chi connectivity index (χ3n) is 1.39. The van der Waals surface area contributed by atoms with Gasteiger partial charge in [-0.25, -0.2) is 0 Å². The Bertz CT molecular complexity index is 236. The van der Waals surface area contributed by atoms with Gasteiger partial charge in [0.15, 0.2) is 5.78 Å². The molecule has 0 aliphatic carbocycles. The van der Waals surface area contributed by atoms with E-state index < -0.39 is 0 Å². The minimum atomic E-state index is -0.0440. The average Bonchev–Trinajstić information content (AvgIpc) is 2.51. The Balaban J connectivity index is 2.40. The molecule has 0 unspecified atom stereocenters. The van der Waals surface area contributed by atoms with Gasteiger partial charge in [0.25, 0.3) is 0 Å². The van der Waals surface area contributed by atoms with E-state index >= 15 is 0 Å². The molecule has 3 nitrogen and oxygen atoms in total. The molecule has 1 aromatic heterocycles. The van der Waals surface area contributed by atoms with Gasteiger partial charge in [-0.05, 0) is 19.9 Å². The number of hydrogen-bond donors (Lipinski definition) is 0. The predicted octanol–water partition coefficient (Wildman–Crippen LogP) is 1.89. The molecule has 0 saturated carbocycles. The zero-order valence-electron chi connectivity index (χ0n) is 7.24. The molecule has 12 heavy (non-hydrogen) atoms. The van der Waals surface area contributed by atoms with Gasteiger partial charge in [-0.2, -0.15) is 0 Å². The van der Waals surface area contributed by atoms with Crippen LogP contribution in [0.2, 0.25) is 0 Å². The van der Waals surface area contributed by atoms with Crippen molar-refractivity contribution in [3.05, 3.63) is 24.2 Å². The Morgan fingerprint density at radius 2 is 2.42 bits per heavy atom. The highest BCUT2D eigenvalue weighted by atomic mass is 16.5. The Labute approximate surface area is 71.3 Å². The maximum Gasteiger partial charge on any atom is 0.191 e. The largest absolute Gasteiger partial charge is 0.472 e. The number of carbonyl (C=O) groups is 1. The van der Waals surface area contributed by atoms with Crippen LogP contribution in [0.5, 0.6) is 0 Å². The van der Waals surface area contributed by atoms with E-state index in [9.17, 15) is 4.79 Å². The van der Waals surface area contributed by atoms with Gasteiger partial charge in [-0.1, -0.05) is 0 Å². The Kier molecular flexibility index (Phi) is 3.05. The van der Waals surface area contributed by atoms with Crippen molar-refractivity contribution in [3.8, 4) is 0 Å². The third-order valence-corrected chi connectivity index (χ3v) is 1.39. The van der Waals surface area contributed by atoms with Crippen LogP contribution in [0.3, 0.4) is 0 Å². The Morgan fingerprint density at radius 1 is 1.67 bits per heavy atom. The van der Waals surface area contributed by atoms with E-state index in [0.717, 1.165) is 0 Å². The normalized spacial score (nSPS) is 10.6. The zero-order chi connectivity index (χ0) is 8.97. The van der Waals surface area contributed by atoms with E-state index in [2.05, 4.69) is 0 Å². The lowest BCUT2D eigenvalue weighted by atomic mass is 10.2. The van der Waals surface area contributed by atoms with Gasteiger partial charge in [-0.3, -0.25) is 4.79 Å². The number of ether oxygens (including phenoxy) is 1. The second-order valence-electron chi connectivity index (χ2n) is 2.79. The lowest BCUT2D eigenvalue weighted by Gasteiger charge is -2.04. The number of rotatable bonds is 4. The van der Waals surface area contributed by atoms with Gasteiger partial charge in [0, 0.05) is 0 Å². The maximum atomic E-state index is 11.2. The summed E-state index contributed by atoms with van der Waals surface area (Å²) in [6, 6.07) is 1.63. The predicted molar refractivity (Wildman–Crippen MR) is 44.1 cm³/mol. The van der Waals surface area contributed by atoms with Crippen LogP contribution in [0, 0.1) is 0 Å². The van der Waals surface area contributed by atoms with E-state index in [1.54, 1.807) is 6.07 Å². The van der Waals surface area contributed by atoms with Crippen LogP contribution >= 0.6 is 0 Å². The van der Waals surface area contributed by atoms with E-state index in [-0.39, 0.29) is 18.5 Å². The first kappa shape index (κ1) is 9.00. The highest BCUT2D eigenvalue weighted by molar-refractivity contribution is 5.96. The summed E-state index contributed by atoms with van der Waals surface area (Å²) < 4.78 is 9.90. The van der Waals surface area contributed by atoms with Gasteiger partial charge >= 0.3 is 0 Å². The van der Waals surface area contributed by atoms with Crippen LogP contribution < -0.4 is 0 Å². The number of Topliss-reactive ketones (excluding diaryl/α,β-unsaturated/α-hetero) is 1. The first-order chi connectivity index (χ1) is 5.70. The zero-order valence-corrected chi connectivity index (χ0v) is 7.24. The fraction of sp³-hybridized carbons (Fsp3) is 0.444. The SMILES string of the molecule is CC(C)OCC(=O)c1ccoc1. The monoisotopic (exact) mass is 168 g/mol. The van der Waals surface area contributed by atoms with Crippen LogP contribution in [0.4, 0.5) is 0 Å². The van der Waals surface area contributed by atoms with Crippen molar-refractivity contribution in [1.82, 2.24) is 0 Å². The van der Waals surface area contributed by atoms with E-state index in [0.29, 0.717) is 5.56 Å². The van der Waals surface area contributed by atoms with E-state index in [1.165, 1.54) is 12.5 Å². The molecular formula is C9H12O3. The first-order valence-electron chi connectivity index (χ1n) is 3.87. The molecule has 1 rings (SSSR count). The molecule has 0 aliphatic rings. The molecule has 66 valence electrons. The van der Waals surface area contributed by atoms with Crippen molar-refractivity contribution in [2.24, 2.45) is 0 Å². The quantitative estimate of drug-likeness (QED) is 0.644. The van der Waals surface area contributed by atoms with Crippen molar-refractivity contribution >= 4 is 5.78 Å². The van der Waals surface area contributed by atoms with Crippen LogP contribution in [-0.4, -0.2) is 18.5 Å². The summed E-state index contributed by atoms with van der Waals surface area (Å²) >= 11 is 0. The minimum absolute atomic E-state index is 0.0440. The fourth-order valence-corrected chi connectivity index (χ4v) is 0.749. The summed E-state index contributed by atoms with van der Waals surface area (Å²) in [6.07, 6.45) is 2.98. The molecule has 0 spiro atoms.